The molecular formula is C12H14BrNO2. The summed E-state index contributed by atoms with van der Waals surface area (Å²) in [7, 11) is 0. The Balaban J connectivity index is 1.96. The van der Waals surface area contributed by atoms with Crippen LogP contribution in [0.3, 0.4) is 0 Å². The number of amides is 1. The van der Waals surface area contributed by atoms with Crippen LogP contribution in [-0.2, 0) is 4.74 Å². The number of rotatable bonds is 3. The normalized spacial score (nSPS) is 17.6. The number of ether oxygens (including phenoxy) is 1. The average molecular weight is 284 g/mol. The lowest BCUT2D eigenvalue weighted by Gasteiger charge is -2.38. The van der Waals surface area contributed by atoms with Gasteiger partial charge in [-0.25, -0.2) is 0 Å². The fraction of sp³-hybridized carbons (Fsp3) is 0.417. The van der Waals surface area contributed by atoms with Crippen LogP contribution in [-0.4, -0.2) is 25.7 Å². The summed E-state index contributed by atoms with van der Waals surface area (Å²) in [6, 6.07) is 7.41. The summed E-state index contributed by atoms with van der Waals surface area (Å²) in [4.78, 5) is 11.9. The molecule has 1 aliphatic rings. The lowest BCUT2D eigenvalue weighted by Crippen LogP contribution is -2.48. The van der Waals surface area contributed by atoms with Crippen LogP contribution in [0.4, 0.5) is 0 Å². The van der Waals surface area contributed by atoms with E-state index < -0.39 is 0 Å². The molecule has 86 valence electrons. The molecule has 1 saturated heterocycles. The second-order valence-corrected chi connectivity index (χ2v) is 5.32. The van der Waals surface area contributed by atoms with E-state index in [0.29, 0.717) is 12.1 Å². The highest BCUT2D eigenvalue weighted by Gasteiger charge is 2.33. The van der Waals surface area contributed by atoms with Crippen LogP contribution in [0.25, 0.3) is 0 Å². The molecule has 16 heavy (non-hydrogen) atoms. The van der Waals surface area contributed by atoms with Gasteiger partial charge in [0.1, 0.15) is 0 Å². The van der Waals surface area contributed by atoms with Gasteiger partial charge < -0.3 is 10.1 Å². The smallest absolute Gasteiger partial charge is 0.252 e. The maximum Gasteiger partial charge on any atom is 0.252 e. The lowest BCUT2D eigenvalue weighted by atomic mass is 9.89. The quantitative estimate of drug-likeness (QED) is 0.924. The highest BCUT2D eigenvalue weighted by Crippen LogP contribution is 2.25. The number of carbonyl (C=O) groups excluding carboxylic acids is 1. The monoisotopic (exact) mass is 283 g/mol. The van der Waals surface area contributed by atoms with Gasteiger partial charge >= 0.3 is 0 Å². The molecule has 1 aromatic rings. The molecule has 0 unspecified atom stereocenters. The summed E-state index contributed by atoms with van der Waals surface area (Å²) < 4.78 is 5.96. The predicted octanol–water partition coefficient (Wildman–Crippen LogP) is 2.22. The summed E-state index contributed by atoms with van der Waals surface area (Å²) in [5.41, 5.74) is 0.781. The minimum atomic E-state index is -0.0411. The molecule has 1 heterocycles. The number of carbonyl (C=O) groups is 1. The number of nitrogens with one attached hydrogen (secondary N) is 1. The van der Waals surface area contributed by atoms with Gasteiger partial charge in [-0.15, -0.1) is 0 Å². The van der Waals surface area contributed by atoms with Crippen molar-refractivity contribution >= 4 is 21.8 Å². The summed E-state index contributed by atoms with van der Waals surface area (Å²) in [6.45, 7) is 4.22. The summed E-state index contributed by atoms with van der Waals surface area (Å²) in [5.74, 6) is -0.0411. The van der Waals surface area contributed by atoms with Crippen LogP contribution >= 0.6 is 15.9 Å². The number of hydrogen-bond acceptors (Lipinski definition) is 2. The van der Waals surface area contributed by atoms with E-state index in [-0.39, 0.29) is 11.3 Å². The van der Waals surface area contributed by atoms with Crippen molar-refractivity contribution in [1.82, 2.24) is 5.32 Å². The molecular weight excluding hydrogens is 270 g/mol. The molecule has 0 bridgehead atoms. The zero-order valence-electron chi connectivity index (χ0n) is 9.13. The van der Waals surface area contributed by atoms with E-state index in [1.54, 1.807) is 6.07 Å². The number of benzene rings is 1. The van der Waals surface area contributed by atoms with E-state index >= 15 is 0 Å². The van der Waals surface area contributed by atoms with Crippen molar-refractivity contribution in [3.8, 4) is 0 Å². The first-order chi connectivity index (χ1) is 7.61. The van der Waals surface area contributed by atoms with Crippen LogP contribution in [0.15, 0.2) is 28.7 Å². The van der Waals surface area contributed by atoms with Gasteiger partial charge in [0.05, 0.1) is 18.8 Å². The molecule has 1 N–H and O–H groups in total. The molecule has 0 radical (unpaired) electrons. The minimum absolute atomic E-state index is 0.0411. The standard InChI is InChI=1S/C12H14BrNO2/c1-12(7-16-8-12)6-14-11(15)9-4-2-3-5-10(9)13/h2-5H,6-8H2,1H3,(H,14,15). The average Bonchev–Trinajstić information content (AvgIpc) is 2.24. The van der Waals surface area contributed by atoms with Gasteiger partial charge in [0.25, 0.3) is 5.91 Å². The van der Waals surface area contributed by atoms with Gasteiger partial charge in [0.2, 0.25) is 0 Å². The lowest BCUT2D eigenvalue weighted by molar-refractivity contribution is -0.0978. The van der Waals surface area contributed by atoms with Crippen LogP contribution in [0.5, 0.6) is 0 Å². The molecule has 0 saturated carbocycles. The zero-order valence-corrected chi connectivity index (χ0v) is 10.7. The van der Waals surface area contributed by atoms with E-state index in [4.69, 9.17) is 4.74 Å². The Kier molecular flexibility index (Phi) is 3.30. The third kappa shape index (κ3) is 2.44. The van der Waals surface area contributed by atoms with Crippen LogP contribution in [0.1, 0.15) is 17.3 Å². The predicted molar refractivity (Wildman–Crippen MR) is 65.4 cm³/mol. The largest absolute Gasteiger partial charge is 0.380 e. The van der Waals surface area contributed by atoms with Crippen LogP contribution < -0.4 is 5.32 Å². The van der Waals surface area contributed by atoms with Crippen LogP contribution in [0.2, 0.25) is 0 Å². The maximum atomic E-state index is 11.9. The maximum absolute atomic E-state index is 11.9. The Hall–Kier alpha value is -0.870. The van der Waals surface area contributed by atoms with Crippen molar-refractivity contribution in [3.63, 3.8) is 0 Å². The molecule has 0 aliphatic carbocycles. The van der Waals surface area contributed by atoms with Gasteiger partial charge in [0, 0.05) is 16.4 Å². The van der Waals surface area contributed by atoms with Crippen molar-refractivity contribution in [1.29, 1.82) is 0 Å². The van der Waals surface area contributed by atoms with Gasteiger partial charge in [0.15, 0.2) is 0 Å². The fourth-order valence-corrected chi connectivity index (χ4v) is 2.05. The molecule has 0 aromatic heterocycles. The van der Waals surface area contributed by atoms with Gasteiger partial charge in [-0.05, 0) is 28.1 Å². The fourth-order valence-electron chi connectivity index (χ4n) is 1.59. The van der Waals surface area contributed by atoms with E-state index in [9.17, 15) is 4.79 Å². The van der Waals surface area contributed by atoms with E-state index in [0.717, 1.165) is 17.7 Å². The highest BCUT2D eigenvalue weighted by molar-refractivity contribution is 9.10. The Morgan fingerprint density at radius 3 is 2.75 bits per heavy atom. The van der Waals surface area contributed by atoms with E-state index in [1.165, 1.54) is 0 Å². The Morgan fingerprint density at radius 2 is 2.19 bits per heavy atom. The van der Waals surface area contributed by atoms with Gasteiger partial charge in [-0.2, -0.15) is 0 Å². The van der Waals surface area contributed by atoms with Crippen molar-refractivity contribution in [2.45, 2.75) is 6.92 Å². The Bertz CT molecular complexity index is 402. The summed E-state index contributed by atoms with van der Waals surface area (Å²) in [5, 5.41) is 2.93. The summed E-state index contributed by atoms with van der Waals surface area (Å²) >= 11 is 3.36. The van der Waals surface area contributed by atoms with Crippen molar-refractivity contribution < 1.29 is 9.53 Å². The Morgan fingerprint density at radius 1 is 1.50 bits per heavy atom. The van der Waals surface area contributed by atoms with Crippen molar-refractivity contribution in [3.05, 3.63) is 34.3 Å². The minimum Gasteiger partial charge on any atom is -0.380 e. The molecule has 4 heteroatoms. The van der Waals surface area contributed by atoms with Crippen molar-refractivity contribution in [2.24, 2.45) is 5.41 Å². The zero-order chi connectivity index (χ0) is 11.6. The molecule has 2 rings (SSSR count). The molecule has 1 fully saturated rings. The number of halogens is 1. The van der Waals surface area contributed by atoms with Crippen molar-refractivity contribution in [2.75, 3.05) is 19.8 Å². The van der Waals surface area contributed by atoms with E-state index in [2.05, 4.69) is 28.2 Å². The third-order valence-corrected chi connectivity index (χ3v) is 3.39. The summed E-state index contributed by atoms with van der Waals surface area (Å²) in [6.07, 6.45) is 0. The van der Waals surface area contributed by atoms with E-state index in [1.807, 2.05) is 18.2 Å². The van der Waals surface area contributed by atoms with Gasteiger partial charge in [-0.3, -0.25) is 4.79 Å². The molecule has 1 amide bonds. The van der Waals surface area contributed by atoms with Crippen LogP contribution in [0, 0.1) is 5.41 Å². The second kappa shape index (κ2) is 4.55. The SMILES string of the molecule is CC1(CNC(=O)c2ccccc2Br)COC1. The third-order valence-electron chi connectivity index (χ3n) is 2.70. The molecule has 3 nitrogen and oxygen atoms in total. The molecule has 1 aromatic carbocycles. The first-order valence-electron chi connectivity index (χ1n) is 5.21. The topological polar surface area (TPSA) is 38.3 Å². The number of hydrogen-bond donors (Lipinski definition) is 1. The molecule has 0 atom stereocenters. The first-order valence-corrected chi connectivity index (χ1v) is 6.01. The van der Waals surface area contributed by atoms with Gasteiger partial charge in [-0.1, -0.05) is 19.1 Å². The molecule has 1 aliphatic heterocycles. The molecule has 0 spiro atoms. The highest BCUT2D eigenvalue weighted by atomic mass is 79.9. The second-order valence-electron chi connectivity index (χ2n) is 4.47. The first kappa shape index (κ1) is 11.6. The Labute approximate surface area is 103 Å².